The molecule has 8 heteroatoms. The fourth-order valence-corrected chi connectivity index (χ4v) is 2.32. The lowest BCUT2D eigenvalue weighted by Gasteiger charge is -2.22. The van der Waals surface area contributed by atoms with Crippen molar-refractivity contribution in [2.75, 3.05) is 11.9 Å². The Morgan fingerprint density at radius 1 is 1.41 bits per heavy atom. The number of nitrogens with zero attached hydrogens (tertiary/aromatic N) is 2. The van der Waals surface area contributed by atoms with E-state index in [-0.39, 0.29) is 17.8 Å². The molecule has 1 atom stereocenters. The van der Waals surface area contributed by atoms with E-state index in [0.717, 1.165) is 11.0 Å². The number of likely N-dealkylation sites (tertiary alicyclic amines) is 1. The molecular formula is C14H12FN3O4. The number of nitrogens with one attached hydrogen (secondary N) is 1. The molecule has 0 bridgehead atoms. The van der Waals surface area contributed by atoms with Gasteiger partial charge in [-0.25, -0.2) is 9.18 Å². The van der Waals surface area contributed by atoms with E-state index in [2.05, 4.69) is 5.32 Å². The Morgan fingerprint density at radius 2 is 2.14 bits per heavy atom. The van der Waals surface area contributed by atoms with Crippen LogP contribution in [-0.2, 0) is 14.4 Å². The largest absolute Gasteiger partial charge is 0.474 e. The average molecular weight is 305 g/mol. The Hall–Kier alpha value is -2.95. The highest BCUT2D eigenvalue weighted by Crippen LogP contribution is 2.20. The first kappa shape index (κ1) is 15.4. The summed E-state index contributed by atoms with van der Waals surface area (Å²) < 4.78 is 13.2. The van der Waals surface area contributed by atoms with Crippen LogP contribution >= 0.6 is 0 Å². The number of hydrogen-bond acceptors (Lipinski definition) is 4. The zero-order valence-electron chi connectivity index (χ0n) is 11.4. The van der Waals surface area contributed by atoms with Gasteiger partial charge in [-0.3, -0.25) is 9.59 Å². The van der Waals surface area contributed by atoms with Gasteiger partial charge in [0.25, 0.3) is 0 Å². The Kier molecular flexibility index (Phi) is 4.36. The van der Waals surface area contributed by atoms with Gasteiger partial charge in [-0.15, -0.1) is 0 Å². The molecule has 1 fully saturated rings. The Labute approximate surface area is 124 Å². The molecule has 1 heterocycles. The number of carboxylic acids is 1. The van der Waals surface area contributed by atoms with E-state index in [9.17, 15) is 18.8 Å². The smallest absolute Gasteiger partial charge is 0.394 e. The third-order valence-electron chi connectivity index (χ3n) is 3.35. The summed E-state index contributed by atoms with van der Waals surface area (Å²) in [6, 6.07) is 4.26. The van der Waals surface area contributed by atoms with Crippen LogP contribution in [0.3, 0.4) is 0 Å². The third-order valence-corrected chi connectivity index (χ3v) is 3.35. The molecule has 0 spiro atoms. The van der Waals surface area contributed by atoms with Gasteiger partial charge in [-0.1, -0.05) is 0 Å². The fraction of sp³-hybridized carbons (Fsp3) is 0.286. The maximum atomic E-state index is 13.2. The van der Waals surface area contributed by atoms with Crippen LogP contribution in [0.25, 0.3) is 0 Å². The normalized spacial score (nSPS) is 16.9. The summed E-state index contributed by atoms with van der Waals surface area (Å²) in [5, 5.41) is 19.9. The number of halogens is 1. The molecule has 114 valence electrons. The molecule has 0 aliphatic carbocycles. The number of aliphatic carboxylic acids is 1. The number of anilines is 1. The monoisotopic (exact) mass is 305 g/mol. The molecule has 7 nitrogen and oxygen atoms in total. The van der Waals surface area contributed by atoms with Gasteiger partial charge in [0.1, 0.15) is 17.9 Å². The van der Waals surface area contributed by atoms with Crippen LogP contribution in [0.15, 0.2) is 18.2 Å². The molecular weight excluding hydrogens is 293 g/mol. The second kappa shape index (κ2) is 6.22. The summed E-state index contributed by atoms with van der Waals surface area (Å²) in [5.74, 6) is -4.02. The lowest BCUT2D eigenvalue weighted by Crippen LogP contribution is -2.45. The Bertz CT molecular complexity index is 683. The summed E-state index contributed by atoms with van der Waals surface area (Å²) in [5.41, 5.74) is -0.0136. The number of nitriles is 1. The summed E-state index contributed by atoms with van der Waals surface area (Å²) in [6.07, 6.45) is 0.862. The van der Waals surface area contributed by atoms with Gasteiger partial charge in [0.15, 0.2) is 0 Å². The predicted octanol–water partition coefficient (Wildman–Crippen LogP) is 0.711. The van der Waals surface area contributed by atoms with Crippen molar-refractivity contribution in [2.45, 2.75) is 18.9 Å². The lowest BCUT2D eigenvalue weighted by atomic mass is 10.1. The first-order valence-corrected chi connectivity index (χ1v) is 6.48. The van der Waals surface area contributed by atoms with Crippen molar-refractivity contribution < 1.29 is 23.9 Å². The van der Waals surface area contributed by atoms with Gasteiger partial charge in [0, 0.05) is 12.2 Å². The zero-order valence-corrected chi connectivity index (χ0v) is 11.4. The fourth-order valence-electron chi connectivity index (χ4n) is 2.32. The maximum Gasteiger partial charge on any atom is 0.394 e. The molecule has 1 saturated heterocycles. The van der Waals surface area contributed by atoms with Gasteiger partial charge < -0.3 is 15.3 Å². The number of benzene rings is 1. The van der Waals surface area contributed by atoms with E-state index in [1.54, 1.807) is 6.07 Å². The van der Waals surface area contributed by atoms with Crippen LogP contribution in [0, 0.1) is 17.1 Å². The quantitative estimate of drug-likeness (QED) is 0.782. The summed E-state index contributed by atoms with van der Waals surface area (Å²) in [7, 11) is 0. The minimum absolute atomic E-state index is 0.191. The summed E-state index contributed by atoms with van der Waals surface area (Å²) in [6.45, 7) is 0.191. The number of rotatable bonds is 2. The van der Waals surface area contributed by atoms with Crippen molar-refractivity contribution in [3.63, 3.8) is 0 Å². The highest BCUT2D eigenvalue weighted by Gasteiger charge is 2.36. The van der Waals surface area contributed by atoms with Crippen molar-refractivity contribution in [1.29, 1.82) is 5.26 Å². The Balaban J connectivity index is 2.13. The molecule has 1 aromatic rings. The second-order valence-electron chi connectivity index (χ2n) is 4.76. The van der Waals surface area contributed by atoms with Crippen LogP contribution in [0.2, 0.25) is 0 Å². The first-order valence-electron chi connectivity index (χ1n) is 6.48. The van der Waals surface area contributed by atoms with Gasteiger partial charge >= 0.3 is 11.9 Å². The number of carboxylic acid groups (broad SMARTS) is 1. The van der Waals surface area contributed by atoms with E-state index < -0.39 is 29.6 Å². The number of carbonyl (C=O) groups is 3. The highest BCUT2D eigenvalue weighted by molar-refractivity contribution is 6.32. The molecule has 1 aromatic carbocycles. The molecule has 2 amide bonds. The van der Waals surface area contributed by atoms with Crippen molar-refractivity contribution in [3.05, 3.63) is 29.6 Å². The van der Waals surface area contributed by atoms with Crippen LogP contribution < -0.4 is 5.32 Å². The van der Waals surface area contributed by atoms with Gasteiger partial charge in [0.05, 0.1) is 5.56 Å². The van der Waals surface area contributed by atoms with Crippen LogP contribution in [0.4, 0.5) is 10.1 Å². The molecule has 0 saturated carbocycles. The minimum Gasteiger partial charge on any atom is -0.474 e. The van der Waals surface area contributed by atoms with Crippen molar-refractivity contribution >= 4 is 23.5 Å². The molecule has 1 aliphatic rings. The van der Waals surface area contributed by atoms with Crippen molar-refractivity contribution in [2.24, 2.45) is 0 Å². The van der Waals surface area contributed by atoms with Crippen LogP contribution in [-0.4, -0.2) is 40.4 Å². The number of hydrogen-bond donors (Lipinski definition) is 2. The average Bonchev–Trinajstić information content (AvgIpc) is 2.97. The van der Waals surface area contributed by atoms with E-state index >= 15 is 0 Å². The number of amides is 2. The van der Waals surface area contributed by atoms with Crippen molar-refractivity contribution in [1.82, 2.24) is 4.90 Å². The maximum absolute atomic E-state index is 13.2. The molecule has 1 aliphatic heterocycles. The third kappa shape index (κ3) is 3.03. The second-order valence-corrected chi connectivity index (χ2v) is 4.76. The molecule has 0 aromatic heterocycles. The van der Waals surface area contributed by atoms with Crippen LogP contribution in [0.1, 0.15) is 18.4 Å². The topological polar surface area (TPSA) is 111 Å². The van der Waals surface area contributed by atoms with Crippen molar-refractivity contribution in [3.8, 4) is 6.07 Å². The number of carbonyl (C=O) groups excluding carboxylic acids is 2. The highest BCUT2D eigenvalue weighted by atomic mass is 19.1. The van der Waals surface area contributed by atoms with Gasteiger partial charge in [0.2, 0.25) is 5.91 Å². The molecule has 2 rings (SSSR count). The summed E-state index contributed by atoms with van der Waals surface area (Å²) in [4.78, 5) is 35.4. The zero-order chi connectivity index (χ0) is 16.3. The SMILES string of the molecule is N#Cc1cc(NC(=O)[C@@H]2CCCN2C(=O)C(=O)O)ccc1F. The van der Waals surface area contributed by atoms with E-state index in [1.807, 2.05) is 0 Å². The predicted molar refractivity (Wildman–Crippen MR) is 72.1 cm³/mol. The first-order chi connectivity index (χ1) is 10.4. The van der Waals surface area contributed by atoms with E-state index in [4.69, 9.17) is 10.4 Å². The van der Waals surface area contributed by atoms with Gasteiger partial charge in [-0.05, 0) is 31.0 Å². The Morgan fingerprint density at radius 3 is 2.77 bits per heavy atom. The molecule has 0 radical (unpaired) electrons. The van der Waals surface area contributed by atoms with E-state index in [1.165, 1.54) is 12.1 Å². The van der Waals surface area contributed by atoms with Gasteiger partial charge in [-0.2, -0.15) is 5.26 Å². The van der Waals surface area contributed by atoms with Crippen LogP contribution in [0.5, 0.6) is 0 Å². The molecule has 2 N–H and O–H groups in total. The molecule has 0 unspecified atom stereocenters. The summed E-state index contributed by atoms with van der Waals surface area (Å²) >= 11 is 0. The standard InChI is InChI=1S/C14H12FN3O4/c15-10-4-3-9(6-8(10)7-16)17-12(19)11-2-1-5-18(11)13(20)14(21)22/h3-4,6,11H,1-2,5H2,(H,17,19)(H,21,22)/t11-/m0/s1. The van der Waals surface area contributed by atoms with E-state index in [0.29, 0.717) is 12.8 Å². The molecule has 22 heavy (non-hydrogen) atoms. The minimum atomic E-state index is -1.62. The lowest BCUT2D eigenvalue weighted by molar-refractivity contribution is -0.157.